The number of carbonyl (C=O) groups excluding carboxylic acids is 1. The Bertz CT molecular complexity index is 566. The van der Waals surface area contributed by atoms with Gasteiger partial charge in [-0.1, -0.05) is 30.3 Å². The van der Waals surface area contributed by atoms with Gasteiger partial charge in [-0.15, -0.1) is 11.3 Å². The van der Waals surface area contributed by atoms with Gasteiger partial charge in [0.25, 0.3) is 0 Å². The summed E-state index contributed by atoms with van der Waals surface area (Å²) in [5.74, 6) is -1.14. The highest BCUT2D eigenvalue weighted by molar-refractivity contribution is 7.13. The molecule has 2 rings (SSSR count). The highest BCUT2D eigenvalue weighted by Crippen LogP contribution is 2.16. The molecular weight excluding hydrogens is 260 g/mol. The maximum atomic E-state index is 10.9. The van der Waals surface area contributed by atoms with Gasteiger partial charge in [0.2, 0.25) is 0 Å². The van der Waals surface area contributed by atoms with Crippen molar-refractivity contribution in [3.8, 4) is 0 Å². The lowest BCUT2D eigenvalue weighted by molar-refractivity contribution is -0.907. The number of aromatic carboxylic acids is 1. The molecule has 0 aliphatic carbocycles. The summed E-state index contributed by atoms with van der Waals surface area (Å²) in [5, 5.41) is 11.7. The minimum Gasteiger partial charge on any atom is -0.544 e. The molecule has 1 atom stereocenters. The number of benzene rings is 1. The van der Waals surface area contributed by atoms with E-state index in [4.69, 9.17) is 0 Å². The third-order valence-electron chi connectivity index (χ3n) is 2.83. The van der Waals surface area contributed by atoms with Gasteiger partial charge >= 0.3 is 0 Å². The Labute approximate surface area is 116 Å². The number of hydrogen-bond acceptors (Lipinski definition) is 4. The van der Waals surface area contributed by atoms with E-state index in [9.17, 15) is 9.90 Å². The van der Waals surface area contributed by atoms with Crippen LogP contribution in [0.2, 0.25) is 0 Å². The minimum absolute atomic E-state index is 0.238. The first-order valence-electron chi connectivity index (χ1n) is 6.09. The van der Waals surface area contributed by atoms with E-state index in [1.807, 2.05) is 18.2 Å². The first-order chi connectivity index (χ1) is 9.06. The third kappa shape index (κ3) is 3.62. The Morgan fingerprint density at radius 1 is 1.32 bits per heavy atom. The smallest absolute Gasteiger partial charge is 0.148 e. The number of carboxylic acids is 1. The quantitative estimate of drug-likeness (QED) is 0.838. The number of quaternary nitrogens is 1. The summed E-state index contributed by atoms with van der Waals surface area (Å²) < 4.78 is 0. The SMILES string of the molecule is Cc1nc(C[NH+](C)Cc2ccccc2)sc1C(=O)[O-]. The number of rotatable bonds is 5. The van der Waals surface area contributed by atoms with Crippen LogP contribution in [-0.2, 0) is 13.1 Å². The number of nitrogens with one attached hydrogen (secondary N) is 1. The molecule has 0 saturated heterocycles. The summed E-state index contributed by atoms with van der Waals surface area (Å²) in [6.45, 7) is 3.31. The van der Waals surface area contributed by atoms with Gasteiger partial charge < -0.3 is 14.8 Å². The lowest BCUT2D eigenvalue weighted by atomic mass is 10.2. The molecule has 4 nitrogen and oxygen atoms in total. The van der Waals surface area contributed by atoms with Gasteiger partial charge in [-0.05, 0) is 6.92 Å². The Morgan fingerprint density at radius 2 is 2.00 bits per heavy atom. The van der Waals surface area contributed by atoms with Crippen LogP contribution in [0.3, 0.4) is 0 Å². The Balaban J connectivity index is 2.01. The Hall–Kier alpha value is -1.72. The van der Waals surface area contributed by atoms with Crippen LogP contribution in [0.5, 0.6) is 0 Å². The zero-order valence-electron chi connectivity index (χ0n) is 11.0. The molecule has 0 spiro atoms. The summed E-state index contributed by atoms with van der Waals surface area (Å²) in [6, 6.07) is 10.2. The van der Waals surface area contributed by atoms with Crippen molar-refractivity contribution >= 4 is 17.3 Å². The van der Waals surface area contributed by atoms with Crippen molar-refractivity contribution in [2.24, 2.45) is 0 Å². The van der Waals surface area contributed by atoms with E-state index < -0.39 is 5.97 Å². The van der Waals surface area contributed by atoms with Crippen molar-refractivity contribution in [2.45, 2.75) is 20.0 Å². The fourth-order valence-corrected chi connectivity index (χ4v) is 3.00. The van der Waals surface area contributed by atoms with Gasteiger partial charge in [0.1, 0.15) is 18.1 Å². The van der Waals surface area contributed by atoms with E-state index in [-0.39, 0.29) is 4.88 Å². The molecule has 19 heavy (non-hydrogen) atoms. The molecule has 5 heteroatoms. The van der Waals surface area contributed by atoms with Crippen LogP contribution < -0.4 is 10.0 Å². The van der Waals surface area contributed by atoms with Crippen LogP contribution >= 0.6 is 11.3 Å². The number of aryl methyl sites for hydroxylation is 1. The van der Waals surface area contributed by atoms with Crippen molar-refractivity contribution in [2.75, 3.05) is 7.05 Å². The standard InChI is InChI=1S/C14H16N2O2S/c1-10-13(14(17)18)19-12(15-10)9-16(2)8-11-6-4-3-5-7-11/h3-7H,8-9H2,1-2H3,(H,17,18). The van der Waals surface area contributed by atoms with Crippen LogP contribution in [-0.4, -0.2) is 18.0 Å². The van der Waals surface area contributed by atoms with Crippen molar-refractivity contribution < 1.29 is 14.8 Å². The minimum atomic E-state index is -1.14. The van der Waals surface area contributed by atoms with Gasteiger partial charge in [-0.2, -0.15) is 0 Å². The van der Waals surface area contributed by atoms with E-state index in [1.165, 1.54) is 21.8 Å². The van der Waals surface area contributed by atoms with Gasteiger partial charge in [0, 0.05) is 5.56 Å². The second kappa shape index (κ2) is 5.95. The van der Waals surface area contributed by atoms with Crippen molar-refractivity contribution in [3.63, 3.8) is 0 Å². The molecular formula is C14H16N2O2S. The third-order valence-corrected chi connectivity index (χ3v) is 3.97. The molecule has 100 valence electrons. The van der Waals surface area contributed by atoms with Gasteiger partial charge in [0.05, 0.1) is 23.6 Å². The molecule has 1 N–H and O–H groups in total. The van der Waals surface area contributed by atoms with Gasteiger partial charge in [0.15, 0.2) is 0 Å². The van der Waals surface area contributed by atoms with E-state index in [0.29, 0.717) is 12.2 Å². The molecule has 1 aromatic heterocycles. The molecule has 1 unspecified atom stereocenters. The molecule has 0 aliphatic heterocycles. The van der Waals surface area contributed by atoms with Crippen LogP contribution in [0.4, 0.5) is 0 Å². The number of thiazole rings is 1. The monoisotopic (exact) mass is 276 g/mol. The number of hydrogen-bond donors (Lipinski definition) is 1. The summed E-state index contributed by atoms with van der Waals surface area (Å²) in [6.07, 6.45) is 0. The molecule has 0 fully saturated rings. The maximum Gasteiger partial charge on any atom is 0.148 e. The second-order valence-corrected chi connectivity index (χ2v) is 5.69. The van der Waals surface area contributed by atoms with E-state index in [0.717, 1.165) is 11.6 Å². The highest BCUT2D eigenvalue weighted by Gasteiger charge is 2.12. The van der Waals surface area contributed by atoms with Gasteiger partial charge in [-0.25, -0.2) is 4.98 Å². The zero-order valence-corrected chi connectivity index (χ0v) is 11.8. The topological polar surface area (TPSA) is 57.5 Å². The second-order valence-electron chi connectivity index (χ2n) is 4.61. The van der Waals surface area contributed by atoms with Crippen LogP contribution in [0.25, 0.3) is 0 Å². The Kier molecular flexibility index (Phi) is 4.29. The van der Waals surface area contributed by atoms with Crippen LogP contribution in [0, 0.1) is 6.92 Å². The molecule has 1 aromatic carbocycles. The fourth-order valence-electron chi connectivity index (χ4n) is 1.98. The highest BCUT2D eigenvalue weighted by atomic mass is 32.1. The number of carbonyl (C=O) groups is 1. The lowest BCUT2D eigenvalue weighted by Crippen LogP contribution is -3.06. The normalized spacial score (nSPS) is 12.3. The van der Waals surface area contributed by atoms with Crippen molar-refractivity contribution in [1.29, 1.82) is 0 Å². The average molecular weight is 276 g/mol. The molecule has 0 aliphatic rings. The van der Waals surface area contributed by atoms with E-state index in [1.54, 1.807) is 6.92 Å². The molecule has 0 bridgehead atoms. The maximum absolute atomic E-state index is 10.9. The first kappa shape index (κ1) is 13.7. The average Bonchev–Trinajstić information content (AvgIpc) is 2.71. The van der Waals surface area contributed by atoms with Crippen molar-refractivity contribution in [1.82, 2.24) is 4.98 Å². The largest absolute Gasteiger partial charge is 0.544 e. The Morgan fingerprint density at radius 3 is 2.58 bits per heavy atom. The molecule has 2 aromatic rings. The summed E-state index contributed by atoms with van der Waals surface area (Å²) in [5.41, 5.74) is 1.81. The van der Waals surface area contributed by atoms with Gasteiger partial charge in [-0.3, -0.25) is 0 Å². The summed E-state index contributed by atoms with van der Waals surface area (Å²) in [4.78, 5) is 16.7. The zero-order chi connectivity index (χ0) is 13.8. The first-order valence-corrected chi connectivity index (χ1v) is 6.91. The molecule has 0 amide bonds. The predicted octanol–water partition coefficient (Wildman–Crippen LogP) is 0.0299. The van der Waals surface area contributed by atoms with E-state index >= 15 is 0 Å². The lowest BCUT2D eigenvalue weighted by Gasteiger charge is -2.12. The van der Waals surface area contributed by atoms with Crippen LogP contribution in [0.15, 0.2) is 30.3 Å². The molecule has 0 saturated carbocycles. The molecule has 1 heterocycles. The predicted molar refractivity (Wildman–Crippen MR) is 71.9 cm³/mol. The number of aromatic nitrogens is 1. The summed E-state index contributed by atoms with van der Waals surface area (Å²) in [7, 11) is 2.07. The number of nitrogens with zero attached hydrogens (tertiary/aromatic N) is 1. The van der Waals surface area contributed by atoms with Crippen molar-refractivity contribution in [3.05, 3.63) is 51.5 Å². The van der Waals surface area contributed by atoms with E-state index in [2.05, 4.69) is 24.2 Å². The molecule has 0 radical (unpaired) electrons. The summed E-state index contributed by atoms with van der Waals surface area (Å²) >= 11 is 1.21. The fraction of sp³-hybridized carbons (Fsp3) is 0.286. The van der Waals surface area contributed by atoms with Crippen LogP contribution in [0.1, 0.15) is 25.9 Å². The number of carboxylic acid groups (broad SMARTS) is 1.